The normalized spacial score (nSPS) is 61.5. The van der Waals surface area contributed by atoms with Crippen LogP contribution in [0.2, 0.25) is 0 Å². The number of rotatable bonds is 0. The number of hydrogen-bond acceptors (Lipinski definition) is 4. The summed E-state index contributed by atoms with van der Waals surface area (Å²) >= 11 is 0. The molecule has 4 nitrogen and oxygen atoms in total. The van der Waals surface area contributed by atoms with Crippen molar-refractivity contribution in [1.29, 1.82) is 0 Å². The lowest BCUT2D eigenvalue weighted by molar-refractivity contribution is -0.176. The summed E-state index contributed by atoms with van der Waals surface area (Å²) in [7, 11) is 0. The van der Waals surface area contributed by atoms with Gasteiger partial charge in [0.05, 0.1) is 17.8 Å². The van der Waals surface area contributed by atoms with Gasteiger partial charge in [-0.15, -0.1) is 0 Å². The Bertz CT molecular complexity index is 713. The summed E-state index contributed by atoms with van der Waals surface area (Å²) in [5.74, 6) is 4.30. The summed E-state index contributed by atoms with van der Waals surface area (Å²) in [6.45, 7) is 9.76. The number of aliphatic hydroxyl groups is 3. The van der Waals surface area contributed by atoms with Crippen LogP contribution in [0, 0.1) is 52.8 Å². The molecule has 6 rings (SSSR count). The maximum Gasteiger partial charge on any atom is 0.0711 e. The lowest BCUT2D eigenvalue weighted by atomic mass is 9.50. The summed E-state index contributed by atoms with van der Waals surface area (Å²) in [5, 5.41) is 33.8. The van der Waals surface area contributed by atoms with Crippen molar-refractivity contribution in [3.05, 3.63) is 0 Å². The van der Waals surface area contributed by atoms with Gasteiger partial charge >= 0.3 is 0 Å². The summed E-state index contributed by atoms with van der Waals surface area (Å²) in [5.41, 5.74) is -0.503. The van der Waals surface area contributed by atoms with Crippen LogP contribution in [0.3, 0.4) is 0 Å². The van der Waals surface area contributed by atoms with Gasteiger partial charge in [-0.3, -0.25) is 4.90 Å². The Kier molecular flexibility index (Phi) is 4.94. The zero-order valence-corrected chi connectivity index (χ0v) is 19.9. The third-order valence-electron chi connectivity index (χ3n) is 12.1. The van der Waals surface area contributed by atoms with Gasteiger partial charge in [0.25, 0.3) is 0 Å². The summed E-state index contributed by atoms with van der Waals surface area (Å²) in [6.07, 6.45) is 8.78. The average Bonchev–Trinajstić information content (AvgIpc) is 3.03. The fourth-order valence-corrected chi connectivity index (χ4v) is 10.6. The zero-order chi connectivity index (χ0) is 21.7. The Hall–Kier alpha value is -0.160. The molecule has 4 saturated carbocycles. The van der Waals surface area contributed by atoms with Gasteiger partial charge < -0.3 is 15.3 Å². The number of nitrogens with zero attached hydrogens (tertiary/aromatic N) is 1. The zero-order valence-electron chi connectivity index (χ0n) is 19.9. The highest BCUT2D eigenvalue weighted by Gasteiger charge is 2.67. The Balaban J connectivity index is 1.32. The van der Waals surface area contributed by atoms with Crippen molar-refractivity contribution in [2.24, 2.45) is 52.8 Å². The second kappa shape index (κ2) is 7.17. The van der Waals surface area contributed by atoms with Crippen molar-refractivity contribution >= 4 is 0 Å². The summed E-state index contributed by atoms with van der Waals surface area (Å²) in [4.78, 5) is 2.81. The highest BCUT2D eigenvalue weighted by atomic mass is 16.3. The molecule has 6 fully saturated rings. The van der Waals surface area contributed by atoms with Crippen LogP contribution in [0.25, 0.3) is 0 Å². The van der Waals surface area contributed by atoms with Gasteiger partial charge in [0.15, 0.2) is 0 Å². The molecule has 6 aliphatic rings. The molecule has 0 radical (unpaired) electrons. The number of hydrogen-bond donors (Lipinski definition) is 3. The fraction of sp³-hybridized carbons (Fsp3) is 1.00. The standard InChI is InChI=1S/C27H45NO3/c1-15-4-5-24-16(2)18-7-9-27(31)20(19(18)14-28(24)13-15)11-21-22(27)12-25(30)23-10-17(29)6-8-26(21,23)3/h15-25,29-31H,4-14H2,1-3H3/t15-,16?,17+,18-,19-,20+,21+,22-,23-,24+,25-,26-,27+/m1/s1. The highest BCUT2D eigenvalue weighted by Crippen LogP contribution is 2.68. The topological polar surface area (TPSA) is 63.9 Å². The minimum atomic E-state index is -0.579. The van der Waals surface area contributed by atoms with Gasteiger partial charge in [-0.1, -0.05) is 20.8 Å². The molecule has 0 aromatic rings. The van der Waals surface area contributed by atoms with Crippen LogP contribution in [-0.2, 0) is 0 Å². The van der Waals surface area contributed by atoms with E-state index in [9.17, 15) is 15.3 Å². The Morgan fingerprint density at radius 1 is 0.774 bits per heavy atom. The van der Waals surface area contributed by atoms with Crippen LogP contribution >= 0.6 is 0 Å². The Morgan fingerprint density at radius 2 is 1.58 bits per heavy atom. The first-order valence-electron chi connectivity index (χ1n) is 13.5. The molecule has 0 amide bonds. The molecule has 0 aromatic carbocycles. The van der Waals surface area contributed by atoms with Crippen LogP contribution in [0.5, 0.6) is 0 Å². The van der Waals surface area contributed by atoms with E-state index in [1.807, 2.05) is 0 Å². The first-order chi connectivity index (χ1) is 14.7. The molecule has 3 N–H and O–H groups in total. The van der Waals surface area contributed by atoms with Gasteiger partial charge in [-0.2, -0.15) is 0 Å². The van der Waals surface area contributed by atoms with Gasteiger partial charge in [0.1, 0.15) is 0 Å². The van der Waals surface area contributed by atoms with Gasteiger partial charge in [-0.05, 0) is 111 Å². The highest BCUT2D eigenvalue weighted by molar-refractivity contribution is 5.17. The van der Waals surface area contributed by atoms with E-state index in [1.54, 1.807) is 0 Å². The fourth-order valence-electron chi connectivity index (χ4n) is 10.6. The second-order valence-corrected chi connectivity index (χ2v) is 13.3. The van der Waals surface area contributed by atoms with Crippen molar-refractivity contribution in [3.63, 3.8) is 0 Å². The molecule has 0 aromatic heterocycles. The molecule has 2 saturated heterocycles. The van der Waals surface area contributed by atoms with Crippen LogP contribution in [0.15, 0.2) is 0 Å². The second-order valence-electron chi connectivity index (χ2n) is 13.3. The molecular weight excluding hydrogens is 386 g/mol. The van der Waals surface area contributed by atoms with Crippen LogP contribution in [0.1, 0.15) is 78.6 Å². The lowest BCUT2D eigenvalue weighted by Crippen LogP contribution is -2.62. The number of aliphatic hydroxyl groups excluding tert-OH is 2. The molecule has 0 spiro atoms. The maximum atomic E-state index is 12.3. The number of fused-ring (bicyclic) bond motifs is 8. The molecule has 176 valence electrons. The summed E-state index contributed by atoms with van der Waals surface area (Å²) in [6, 6.07) is 0.760. The van der Waals surface area contributed by atoms with E-state index in [2.05, 4.69) is 25.7 Å². The van der Waals surface area contributed by atoms with Gasteiger partial charge in [-0.25, -0.2) is 0 Å². The minimum Gasteiger partial charge on any atom is -0.393 e. The smallest absolute Gasteiger partial charge is 0.0711 e. The Morgan fingerprint density at radius 3 is 2.39 bits per heavy atom. The molecule has 2 aliphatic heterocycles. The van der Waals surface area contributed by atoms with E-state index in [0.717, 1.165) is 62.3 Å². The van der Waals surface area contributed by atoms with Crippen molar-refractivity contribution in [3.8, 4) is 0 Å². The maximum absolute atomic E-state index is 12.3. The van der Waals surface area contributed by atoms with Crippen LogP contribution in [-0.4, -0.2) is 57.2 Å². The molecular formula is C27H45NO3. The van der Waals surface area contributed by atoms with Gasteiger partial charge in [0.2, 0.25) is 0 Å². The average molecular weight is 432 g/mol. The van der Waals surface area contributed by atoms with Crippen LogP contribution in [0.4, 0.5) is 0 Å². The minimum absolute atomic E-state index is 0.0760. The third kappa shape index (κ3) is 2.93. The molecule has 13 atom stereocenters. The quantitative estimate of drug-likeness (QED) is 0.547. The number of piperidine rings is 2. The van der Waals surface area contributed by atoms with E-state index in [4.69, 9.17) is 0 Å². The largest absolute Gasteiger partial charge is 0.393 e. The first-order valence-corrected chi connectivity index (χ1v) is 13.5. The first kappa shape index (κ1) is 21.4. The monoisotopic (exact) mass is 431 g/mol. The molecule has 2 heterocycles. The molecule has 4 aliphatic carbocycles. The van der Waals surface area contributed by atoms with E-state index < -0.39 is 5.60 Å². The van der Waals surface area contributed by atoms with Crippen molar-refractivity contribution in [2.75, 3.05) is 13.1 Å². The van der Waals surface area contributed by atoms with E-state index >= 15 is 0 Å². The molecule has 4 heteroatoms. The van der Waals surface area contributed by atoms with Crippen LogP contribution < -0.4 is 0 Å². The molecule has 0 bridgehead atoms. The summed E-state index contributed by atoms with van der Waals surface area (Å²) < 4.78 is 0. The van der Waals surface area contributed by atoms with E-state index in [0.29, 0.717) is 17.8 Å². The molecule has 31 heavy (non-hydrogen) atoms. The predicted octanol–water partition coefficient (Wildman–Crippen LogP) is 3.68. The van der Waals surface area contributed by atoms with Crippen molar-refractivity contribution in [1.82, 2.24) is 4.90 Å². The van der Waals surface area contributed by atoms with Gasteiger partial charge in [0, 0.05) is 19.1 Å². The third-order valence-corrected chi connectivity index (χ3v) is 12.1. The Labute approximate surface area is 188 Å². The molecule has 1 unspecified atom stereocenters. The lowest BCUT2D eigenvalue weighted by Gasteiger charge is -2.59. The SMILES string of the molecule is CC1[C@H]2CC[C@@]3(O)[C@@H]4C[C@@H](O)[C@H]5C[C@@H](O)CC[C@]5(C)[C@H]4C[C@H]3[C@@H]2CN2C[C@H](C)CC[C@@H]12. The van der Waals surface area contributed by atoms with E-state index in [1.165, 1.54) is 32.4 Å². The van der Waals surface area contributed by atoms with Crippen molar-refractivity contribution < 1.29 is 15.3 Å². The van der Waals surface area contributed by atoms with E-state index in [-0.39, 0.29) is 29.5 Å². The predicted molar refractivity (Wildman–Crippen MR) is 121 cm³/mol. The van der Waals surface area contributed by atoms with Crippen molar-refractivity contribution in [2.45, 2.75) is 102 Å².